The number of methoxy groups -OCH3 is 1. The Morgan fingerprint density at radius 1 is 1.29 bits per heavy atom. The van der Waals surface area contributed by atoms with Gasteiger partial charge in [0.15, 0.2) is 11.5 Å². The fourth-order valence-electron chi connectivity index (χ4n) is 5.83. The van der Waals surface area contributed by atoms with Crippen molar-refractivity contribution < 1.29 is 29.1 Å². The lowest BCUT2D eigenvalue weighted by molar-refractivity contribution is -0.140. The van der Waals surface area contributed by atoms with Crippen LogP contribution in [0.2, 0.25) is 0 Å². The number of likely N-dealkylation sites (tertiary alicyclic amines) is 1. The molecule has 2 amide bonds. The molecule has 2 aromatic rings. The average Bonchev–Trinajstić information content (AvgIpc) is 3.42. The molecular weight excluding hydrogens is 580 g/mol. The second kappa shape index (κ2) is 9.53. The molecule has 0 unspecified atom stereocenters. The van der Waals surface area contributed by atoms with Gasteiger partial charge in [0.1, 0.15) is 0 Å². The van der Waals surface area contributed by atoms with Gasteiger partial charge in [-0.05, 0) is 81.9 Å². The zero-order valence-electron chi connectivity index (χ0n) is 19.7. The van der Waals surface area contributed by atoms with Crippen molar-refractivity contribution in [2.24, 2.45) is 23.7 Å². The van der Waals surface area contributed by atoms with Crippen LogP contribution in [0, 0.1) is 27.2 Å². The van der Waals surface area contributed by atoms with Crippen molar-refractivity contribution in [1.29, 1.82) is 0 Å². The van der Waals surface area contributed by atoms with Gasteiger partial charge in [-0.3, -0.25) is 14.5 Å². The Bertz CT molecular complexity index is 1200. The van der Waals surface area contributed by atoms with Crippen molar-refractivity contribution in [3.8, 4) is 11.5 Å². The number of fused-ring (bicyclic) bond motifs is 3. The molecule has 4 atom stereocenters. The van der Waals surface area contributed by atoms with E-state index in [9.17, 15) is 19.7 Å². The molecule has 10 heteroatoms. The summed E-state index contributed by atoms with van der Waals surface area (Å²) in [5.41, 5.74) is 2.53. The Kier molecular flexibility index (Phi) is 6.75. The molecular formula is C25H27BINO6S. The summed E-state index contributed by atoms with van der Waals surface area (Å²) >= 11 is 3.56. The smallest absolute Gasteiger partial charge is 0.487 e. The molecule has 0 radical (unpaired) electrons. The molecule has 0 bridgehead atoms. The summed E-state index contributed by atoms with van der Waals surface area (Å²) in [6.45, 7) is 4.39. The zero-order valence-corrected chi connectivity index (χ0v) is 22.7. The van der Waals surface area contributed by atoms with E-state index in [0.717, 1.165) is 21.5 Å². The van der Waals surface area contributed by atoms with Crippen LogP contribution in [0.15, 0.2) is 40.7 Å². The molecule has 3 heterocycles. The lowest BCUT2D eigenvalue weighted by atomic mass is 9.54. The van der Waals surface area contributed by atoms with Gasteiger partial charge in [0, 0.05) is 4.88 Å². The molecule has 1 aromatic carbocycles. The van der Waals surface area contributed by atoms with Crippen molar-refractivity contribution in [1.82, 2.24) is 4.90 Å². The number of rotatable bonds is 5. The Hall–Kier alpha value is -1.89. The van der Waals surface area contributed by atoms with Crippen molar-refractivity contribution in [3.63, 3.8) is 0 Å². The van der Waals surface area contributed by atoms with E-state index in [1.807, 2.05) is 40.1 Å². The Labute approximate surface area is 222 Å². The normalized spacial score (nSPS) is 26.5. The number of benzene rings is 1. The van der Waals surface area contributed by atoms with Crippen LogP contribution in [-0.4, -0.2) is 41.1 Å². The molecule has 2 aliphatic heterocycles. The molecule has 35 heavy (non-hydrogen) atoms. The number of halogens is 1. The number of ether oxygens (including phenoxy) is 1. The van der Waals surface area contributed by atoms with Crippen LogP contribution in [-0.2, 0) is 20.8 Å². The van der Waals surface area contributed by atoms with E-state index in [1.54, 1.807) is 12.1 Å². The maximum absolute atomic E-state index is 13.7. The third kappa shape index (κ3) is 4.22. The quantitative estimate of drug-likeness (QED) is 0.299. The number of thiophene rings is 1. The highest BCUT2D eigenvalue weighted by Gasteiger charge is 2.58. The van der Waals surface area contributed by atoms with Crippen LogP contribution in [0.4, 0.5) is 0 Å². The van der Waals surface area contributed by atoms with Gasteiger partial charge in [-0.25, -0.2) is 0 Å². The number of amides is 2. The first-order valence-corrected chi connectivity index (χ1v) is 13.7. The fraction of sp³-hybridized carbons (Fsp3) is 0.440. The summed E-state index contributed by atoms with van der Waals surface area (Å²) in [5.74, 6) is -1.03. The third-order valence-electron chi connectivity index (χ3n) is 7.47. The number of nitrogens with zero attached hydrogens (tertiary/aromatic N) is 1. The van der Waals surface area contributed by atoms with Crippen LogP contribution >= 0.6 is 33.9 Å². The zero-order chi connectivity index (χ0) is 25.0. The van der Waals surface area contributed by atoms with E-state index >= 15 is 0 Å². The van der Waals surface area contributed by atoms with Gasteiger partial charge in [-0.1, -0.05) is 25.5 Å². The van der Waals surface area contributed by atoms with Crippen molar-refractivity contribution >= 4 is 52.9 Å². The van der Waals surface area contributed by atoms with Crippen LogP contribution in [0.25, 0.3) is 0 Å². The van der Waals surface area contributed by atoms with E-state index in [1.165, 1.54) is 23.3 Å². The average molecular weight is 607 g/mol. The summed E-state index contributed by atoms with van der Waals surface area (Å²) in [4.78, 5) is 29.5. The van der Waals surface area contributed by atoms with Crippen LogP contribution in [0.5, 0.6) is 11.5 Å². The second-order valence-electron chi connectivity index (χ2n) is 9.69. The summed E-state index contributed by atoms with van der Waals surface area (Å²) in [6, 6.07) is 7.36. The minimum absolute atomic E-state index is 0.0504. The number of allylic oxidation sites excluding steroid dienone is 2. The Morgan fingerprint density at radius 2 is 2.06 bits per heavy atom. The molecule has 2 saturated heterocycles. The highest BCUT2D eigenvalue weighted by atomic mass is 127. The molecule has 1 aliphatic carbocycles. The highest BCUT2D eigenvalue weighted by Crippen LogP contribution is 2.53. The fourth-order valence-corrected chi connectivity index (χ4v) is 7.15. The lowest BCUT2D eigenvalue weighted by Gasteiger charge is -2.43. The minimum Gasteiger partial charge on any atom is -0.504 e. The Balaban J connectivity index is 1.53. The van der Waals surface area contributed by atoms with E-state index in [-0.39, 0.29) is 35.9 Å². The number of carbonyl (C=O) groups is 2. The molecule has 0 spiro atoms. The largest absolute Gasteiger partial charge is 0.504 e. The minimum atomic E-state index is -1.16. The molecule has 0 saturated carbocycles. The predicted octanol–water partition coefficient (Wildman–Crippen LogP) is 4.32. The second-order valence-corrected chi connectivity index (χ2v) is 11.9. The molecule has 5 rings (SSSR count). The standard InChI is InChI=1S/C25H27BINO6S/c1-12(2)15-9-17-21(25(31)28(24(17)30)11-14-5-4-6-35-14)16-10-19(34-26(32)22(15)16)13-7-18(27)23(29)20(8-13)33-3/h4-8,12,16-17,19,21,29,32H,9-11H2,1-3H3/t16-,17-,19-,21+/m0/s1. The van der Waals surface area contributed by atoms with Gasteiger partial charge in [0.05, 0.1) is 35.2 Å². The maximum atomic E-state index is 13.7. The lowest BCUT2D eigenvalue weighted by Crippen LogP contribution is -2.45. The van der Waals surface area contributed by atoms with E-state index in [2.05, 4.69) is 13.8 Å². The van der Waals surface area contributed by atoms with Gasteiger partial charge in [0.25, 0.3) is 0 Å². The van der Waals surface area contributed by atoms with E-state index in [0.29, 0.717) is 22.2 Å². The van der Waals surface area contributed by atoms with Crippen molar-refractivity contribution in [2.45, 2.75) is 39.3 Å². The molecule has 184 valence electrons. The summed E-state index contributed by atoms with van der Waals surface area (Å²) < 4.78 is 12.0. The summed E-state index contributed by atoms with van der Waals surface area (Å²) in [7, 11) is 0.321. The topological polar surface area (TPSA) is 96.3 Å². The molecule has 1 aromatic heterocycles. The SMILES string of the molecule is COc1cc([C@@H]2C[C@@H]3C(=C(C(C)C)C[C@@H]4C(=O)N(Cc5cccs5)C(=O)[C@@H]43)B(O)O2)cc(I)c1O. The Morgan fingerprint density at radius 3 is 2.71 bits per heavy atom. The van der Waals surface area contributed by atoms with Gasteiger partial charge >= 0.3 is 7.12 Å². The first kappa shape index (κ1) is 24.8. The molecule has 2 fully saturated rings. The maximum Gasteiger partial charge on any atom is 0.487 e. The van der Waals surface area contributed by atoms with Crippen LogP contribution < -0.4 is 4.74 Å². The van der Waals surface area contributed by atoms with Gasteiger partial charge in [0.2, 0.25) is 11.8 Å². The van der Waals surface area contributed by atoms with Crippen LogP contribution in [0.3, 0.4) is 0 Å². The molecule has 3 aliphatic rings. The van der Waals surface area contributed by atoms with E-state index in [4.69, 9.17) is 9.39 Å². The van der Waals surface area contributed by atoms with E-state index < -0.39 is 25.1 Å². The first-order valence-electron chi connectivity index (χ1n) is 11.7. The number of hydrogen-bond acceptors (Lipinski definition) is 7. The predicted molar refractivity (Wildman–Crippen MR) is 141 cm³/mol. The van der Waals surface area contributed by atoms with Crippen LogP contribution in [0.1, 0.15) is 43.2 Å². The first-order chi connectivity index (χ1) is 16.7. The summed E-state index contributed by atoms with van der Waals surface area (Å²) in [5, 5.41) is 23.4. The molecule has 2 N–H and O–H groups in total. The number of hydrogen-bond donors (Lipinski definition) is 2. The number of carbonyl (C=O) groups excluding carboxylic acids is 2. The monoisotopic (exact) mass is 607 g/mol. The van der Waals surface area contributed by atoms with Gasteiger partial charge in [-0.2, -0.15) is 0 Å². The number of phenols is 1. The van der Waals surface area contributed by atoms with Gasteiger partial charge in [-0.15, -0.1) is 11.3 Å². The molecule has 7 nitrogen and oxygen atoms in total. The van der Waals surface area contributed by atoms with Gasteiger partial charge < -0.3 is 19.5 Å². The van der Waals surface area contributed by atoms with Crippen molar-refractivity contribution in [3.05, 3.63) is 54.7 Å². The number of aromatic hydroxyl groups is 1. The van der Waals surface area contributed by atoms with Crippen molar-refractivity contribution in [2.75, 3.05) is 7.11 Å². The third-order valence-corrected chi connectivity index (χ3v) is 9.16. The number of imide groups is 1. The highest BCUT2D eigenvalue weighted by molar-refractivity contribution is 14.1. The summed E-state index contributed by atoms with van der Waals surface area (Å²) in [6.07, 6.45) is 0.415. The number of phenolic OH excluding ortho intramolecular Hbond substituents is 1.